The molecule has 78 valence electrons. The quantitative estimate of drug-likeness (QED) is 0.842. The normalized spacial score (nSPS) is 10.3. The van der Waals surface area contributed by atoms with E-state index in [1.165, 1.54) is 0 Å². The van der Waals surface area contributed by atoms with Crippen molar-refractivity contribution in [2.24, 2.45) is 0 Å². The van der Waals surface area contributed by atoms with Crippen molar-refractivity contribution in [1.82, 2.24) is 10.2 Å². The predicted molar refractivity (Wildman–Crippen MR) is 58.6 cm³/mol. The first kappa shape index (κ1) is 10.3. The highest BCUT2D eigenvalue weighted by Gasteiger charge is 2.04. The zero-order chi connectivity index (χ0) is 10.7. The average molecular weight is 244 g/mol. The minimum atomic E-state index is 0.199. The minimum absolute atomic E-state index is 0.199. The van der Waals surface area contributed by atoms with Crippen LogP contribution in [0.25, 0.3) is 0 Å². The Balaban J connectivity index is 2.14. The van der Waals surface area contributed by atoms with Crippen molar-refractivity contribution in [2.45, 2.75) is 5.88 Å². The summed E-state index contributed by atoms with van der Waals surface area (Å²) in [6, 6.07) is 7.50. The first-order valence-corrected chi connectivity index (χ1v) is 5.10. The Morgan fingerprint density at radius 2 is 2.20 bits per heavy atom. The van der Waals surface area contributed by atoms with Crippen molar-refractivity contribution in [3.05, 3.63) is 35.2 Å². The van der Waals surface area contributed by atoms with Gasteiger partial charge in [-0.15, -0.1) is 16.7 Å². The molecule has 0 atom stereocenters. The number of hydrogen-bond donors (Lipinski definition) is 1. The average Bonchev–Trinajstić information content (AvgIpc) is 2.65. The van der Waals surface area contributed by atoms with Gasteiger partial charge in [0, 0.05) is 10.7 Å². The number of alkyl halides is 1. The summed E-state index contributed by atoms with van der Waals surface area (Å²) in [5.74, 6) is 0.575. The molecule has 0 unspecified atom stereocenters. The maximum Gasteiger partial charge on any atom is 0.320 e. The summed E-state index contributed by atoms with van der Waals surface area (Å²) in [6.07, 6.45) is 0. The standard InChI is InChI=1S/C9H7Cl2N3O/c10-5-8-13-14-9(15-8)12-7-3-1-2-6(11)4-7/h1-4H,5H2,(H,12,14). The Bertz CT molecular complexity index is 458. The third kappa shape index (κ3) is 2.61. The smallest absolute Gasteiger partial charge is 0.320 e. The molecule has 0 amide bonds. The maximum absolute atomic E-state index is 5.82. The van der Waals surface area contributed by atoms with Crippen LogP contribution in [0.15, 0.2) is 28.7 Å². The molecule has 0 aliphatic heterocycles. The number of hydrogen-bond acceptors (Lipinski definition) is 4. The van der Waals surface area contributed by atoms with E-state index in [4.69, 9.17) is 27.6 Å². The second kappa shape index (κ2) is 4.51. The lowest BCUT2D eigenvalue weighted by Gasteiger charge is -2.00. The van der Waals surface area contributed by atoms with Gasteiger partial charge in [0.25, 0.3) is 0 Å². The van der Waals surface area contributed by atoms with Crippen molar-refractivity contribution >= 4 is 34.9 Å². The number of benzene rings is 1. The van der Waals surface area contributed by atoms with Gasteiger partial charge in [0.05, 0.1) is 0 Å². The van der Waals surface area contributed by atoms with Gasteiger partial charge in [-0.25, -0.2) is 0 Å². The van der Waals surface area contributed by atoms with Gasteiger partial charge < -0.3 is 9.73 Å². The molecule has 0 aliphatic carbocycles. The molecule has 15 heavy (non-hydrogen) atoms. The van der Waals surface area contributed by atoms with E-state index < -0.39 is 0 Å². The Morgan fingerprint density at radius 3 is 2.87 bits per heavy atom. The van der Waals surface area contributed by atoms with E-state index in [2.05, 4.69) is 15.5 Å². The van der Waals surface area contributed by atoms with Gasteiger partial charge >= 0.3 is 6.01 Å². The van der Waals surface area contributed by atoms with Gasteiger partial charge in [-0.1, -0.05) is 22.8 Å². The van der Waals surface area contributed by atoms with Crippen LogP contribution in [-0.4, -0.2) is 10.2 Å². The van der Waals surface area contributed by atoms with Crippen LogP contribution in [0.4, 0.5) is 11.7 Å². The van der Waals surface area contributed by atoms with Crippen molar-refractivity contribution in [1.29, 1.82) is 0 Å². The van der Waals surface area contributed by atoms with E-state index in [9.17, 15) is 0 Å². The molecule has 0 saturated heterocycles. The van der Waals surface area contributed by atoms with Gasteiger partial charge in [0.2, 0.25) is 5.89 Å². The predicted octanol–water partition coefficient (Wildman–Crippen LogP) is 3.21. The molecule has 0 fully saturated rings. The molecule has 0 radical (unpaired) electrons. The highest BCUT2D eigenvalue weighted by Crippen LogP contribution is 2.19. The van der Waals surface area contributed by atoms with E-state index in [1.807, 2.05) is 12.1 Å². The number of rotatable bonds is 3. The number of halogens is 2. The molecule has 0 spiro atoms. The Hall–Kier alpha value is -1.26. The number of aromatic nitrogens is 2. The van der Waals surface area contributed by atoms with Crippen LogP contribution >= 0.6 is 23.2 Å². The third-order valence-electron chi connectivity index (χ3n) is 1.66. The van der Waals surface area contributed by atoms with Crippen molar-refractivity contribution in [3.8, 4) is 0 Å². The van der Waals surface area contributed by atoms with Crippen LogP contribution < -0.4 is 5.32 Å². The summed E-state index contributed by atoms with van der Waals surface area (Å²) in [5.41, 5.74) is 0.785. The topological polar surface area (TPSA) is 51.0 Å². The molecule has 1 heterocycles. The van der Waals surface area contributed by atoms with Crippen molar-refractivity contribution < 1.29 is 4.42 Å². The van der Waals surface area contributed by atoms with E-state index >= 15 is 0 Å². The fourth-order valence-electron chi connectivity index (χ4n) is 1.05. The van der Waals surface area contributed by atoms with Crippen LogP contribution in [0.5, 0.6) is 0 Å². The molecular formula is C9H7Cl2N3O. The number of nitrogens with one attached hydrogen (secondary N) is 1. The summed E-state index contributed by atoms with van der Waals surface area (Å²) in [7, 11) is 0. The Labute approximate surface area is 96.2 Å². The van der Waals surface area contributed by atoms with E-state index in [-0.39, 0.29) is 5.88 Å². The summed E-state index contributed by atoms with van der Waals surface area (Å²) in [4.78, 5) is 0. The fraction of sp³-hybridized carbons (Fsp3) is 0.111. The summed E-state index contributed by atoms with van der Waals surface area (Å²) < 4.78 is 5.17. The van der Waals surface area contributed by atoms with Crippen LogP contribution in [0.3, 0.4) is 0 Å². The van der Waals surface area contributed by atoms with Gasteiger partial charge in [0.1, 0.15) is 5.88 Å². The summed E-state index contributed by atoms with van der Waals surface area (Å²) >= 11 is 11.3. The van der Waals surface area contributed by atoms with Crippen LogP contribution in [0.2, 0.25) is 5.02 Å². The molecule has 2 aromatic rings. The molecule has 0 aliphatic rings. The van der Waals surface area contributed by atoms with Crippen LogP contribution in [0.1, 0.15) is 5.89 Å². The summed E-state index contributed by atoms with van der Waals surface area (Å²) in [5, 5.41) is 11.0. The zero-order valence-electron chi connectivity index (χ0n) is 7.58. The zero-order valence-corrected chi connectivity index (χ0v) is 9.09. The monoisotopic (exact) mass is 243 g/mol. The first-order chi connectivity index (χ1) is 7.28. The molecule has 1 aromatic heterocycles. The minimum Gasteiger partial charge on any atom is -0.407 e. The number of nitrogens with zero attached hydrogens (tertiary/aromatic N) is 2. The van der Waals surface area contributed by atoms with Gasteiger partial charge in [-0.2, -0.15) is 0 Å². The van der Waals surface area contributed by atoms with E-state index in [1.54, 1.807) is 12.1 Å². The largest absolute Gasteiger partial charge is 0.407 e. The van der Waals surface area contributed by atoms with Gasteiger partial charge in [-0.3, -0.25) is 0 Å². The molecule has 0 saturated carbocycles. The van der Waals surface area contributed by atoms with Gasteiger partial charge in [-0.05, 0) is 18.2 Å². The van der Waals surface area contributed by atoms with Crippen molar-refractivity contribution in [3.63, 3.8) is 0 Å². The lowest BCUT2D eigenvalue weighted by Crippen LogP contribution is -1.89. The van der Waals surface area contributed by atoms with Crippen LogP contribution in [0, 0.1) is 0 Å². The second-order valence-corrected chi connectivity index (χ2v) is 3.47. The molecule has 0 bridgehead atoms. The lowest BCUT2D eigenvalue weighted by molar-refractivity contribution is 0.530. The van der Waals surface area contributed by atoms with E-state index in [0.717, 1.165) is 5.69 Å². The number of anilines is 2. The molecule has 1 aromatic carbocycles. The highest BCUT2D eigenvalue weighted by molar-refractivity contribution is 6.30. The third-order valence-corrected chi connectivity index (χ3v) is 2.12. The first-order valence-electron chi connectivity index (χ1n) is 4.19. The Morgan fingerprint density at radius 1 is 1.33 bits per heavy atom. The van der Waals surface area contributed by atoms with E-state index in [0.29, 0.717) is 16.9 Å². The van der Waals surface area contributed by atoms with Crippen LogP contribution in [-0.2, 0) is 5.88 Å². The maximum atomic E-state index is 5.82. The highest BCUT2D eigenvalue weighted by atomic mass is 35.5. The molecular weight excluding hydrogens is 237 g/mol. The molecule has 2 rings (SSSR count). The SMILES string of the molecule is ClCc1nnc(Nc2cccc(Cl)c2)o1. The van der Waals surface area contributed by atoms with Gasteiger partial charge in [0.15, 0.2) is 0 Å². The molecule has 6 heteroatoms. The summed E-state index contributed by atoms with van der Waals surface area (Å²) in [6.45, 7) is 0. The fourth-order valence-corrected chi connectivity index (χ4v) is 1.35. The molecule has 4 nitrogen and oxygen atoms in total. The second-order valence-electron chi connectivity index (χ2n) is 2.77. The Kier molecular flexibility index (Phi) is 3.08. The lowest BCUT2D eigenvalue weighted by atomic mass is 10.3. The molecule has 1 N–H and O–H groups in total. The van der Waals surface area contributed by atoms with Crippen molar-refractivity contribution in [2.75, 3.05) is 5.32 Å².